The average Bonchev–Trinajstić information content (AvgIpc) is 2.94. The Hall–Kier alpha value is -1.93. The predicted molar refractivity (Wildman–Crippen MR) is 65.8 cm³/mol. The first-order valence-corrected chi connectivity index (χ1v) is 6.39. The van der Waals surface area contributed by atoms with Crippen molar-refractivity contribution >= 4 is 0 Å². The van der Waals surface area contributed by atoms with Crippen LogP contribution in [0.3, 0.4) is 0 Å². The molecule has 2 aromatic rings. The van der Waals surface area contributed by atoms with Gasteiger partial charge in [0, 0.05) is 12.2 Å². The summed E-state index contributed by atoms with van der Waals surface area (Å²) < 4.78 is 45.9. The van der Waals surface area contributed by atoms with Gasteiger partial charge in [0.15, 0.2) is 17.5 Å². The van der Waals surface area contributed by atoms with E-state index in [0.717, 1.165) is 12.1 Å². The summed E-state index contributed by atoms with van der Waals surface area (Å²) in [7, 11) is 0. The Balaban J connectivity index is 1.91. The first-order valence-electron chi connectivity index (χ1n) is 6.39. The van der Waals surface area contributed by atoms with Gasteiger partial charge in [-0.15, -0.1) is 5.10 Å². The van der Waals surface area contributed by atoms with Crippen LogP contribution < -0.4 is 0 Å². The van der Waals surface area contributed by atoms with E-state index in [4.69, 9.17) is 4.74 Å². The summed E-state index contributed by atoms with van der Waals surface area (Å²) in [5.74, 6) is -4.10. The summed E-state index contributed by atoms with van der Waals surface area (Å²) in [4.78, 5) is 0. The quantitative estimate of drug-likeness (QED) is 0.857. The molecule has 1 fully saturated rings. The molecule has 8 heteroatoms. The first-order chi connectivity index (χ1) is 10.1. The highest BCUT2D eigenvalue weighted by molar-refractivity contribution is 5.57. The number of halogens is 3. The monoisotopic (exact) mass is 299 g/mol. The van der Waals surface area contributed by atoms with Gasteiger partial charge in [-0.3, -0.25) is 0 Å². The van der Waals surface area contributed by atoms with Crippen molar-refractivity contribution in [3.63, 3.8) is 0 Å². The number of nitrogens with zero attached hydrogens (tertiary/aromatic N) is 3. The number of aliphatic hydroxyl groups is 1. The van der Waals surface area contributed by atoms with Crippen LogP contribution in [0.5, 0.6) is 0 Å². The van der Waals surface area contributed by atoms with Gasteiger partial charge in [0.1, 0.15) is 5.69 Å². The Morgan fingerprint density at radius 3 is 2.62 bits per heavy atom. The molecule has 1 saturated heterocycles. The van der Waals surface area contributed by atoms with Gasteiger partial charge in [-0.25, -0.2) is 17.9 Å². The maximum Gasteiger partial charge on any atom is 0.194 e. The normalized spacial score (nSPS) is 22.5. The number of hydrogen-bond donors (Lipinski definition) is 1. The Morgan fingerprint density at radius 1 is 1.24 bits per heavy atom. The molecular formula is C13H12F3N3O2. The topological polar surface area (TPSA) is 60.2 Å². The molecule has 2 heterocycles. The van der Waals surface area contributed by atoms with E-state index in [1.165, 1.54) is 10.9 Å². The lowest BCUT2D eigenvalue weighted by atomic mass is 10.1. The molecule has 2 unspecified atom stereocenters. The lowest BCUT2D eigenvalue weighted by Crippen LogP contribution is -2.34. The molecule has 0 amide bonds. The van der Waals surface area contributed by atoms with Gasteiger partial charge < -0.3 is 9.84 Å². The Kier molecular flexibility index (Phi) is 3.64. The van der Waals surface area contributed by atoms with Crippen molar-refractivity contribution in [2.45, 2.75) is 18.6 Å². The highest BCUT2D eigenvalue weighted by atomic mass is 19.2. The molecule has 3 rings (SSSR count). The lowest BCUT2D eigenvalue weighted by molar-refractivity contribution is -0.0420. The van der Waals surface area contributed by atoms with Crippen LogP contribution in [0.2, 0.25) is 0 Å². The summed E-state index contributed by atoms with van der Waals surface area (Å²) in [6.45, 7) is 0.677. The minimum absolute atomic E-state index is 0.0826. The van der Waals surface area contributed by atoms with Crippen LogP contribution in [0.4, 0.5) is 13.2 Å². The third-order valence-electron chi connectivity index (χ3n) is 3.42. The van der Waals surface area contributed by atoms with Crippen molar-refractivity contribution in [2.24, 2.45) is 0 Å². The fourth-order valence-electron chi connectivity index (χ4n) is 2.29. The molecular weight excluding hydrogens is 287 g/mol. The standard InChI is InChI=1S/C13H12F3N3O2/c14-8-3-7(4-9(15)13(8)16)10-5-19(18-17-10)11-1-2-21-6-12(11)20/h3-5,11-12,20H,1-2,6H2. The van der Waals surface area contributed by atoms with Gasteiger partial charge in [0.25, 0.3) is 0 Å². The average molecular weight is 299 g/mol. The van der Waals surface area contributed by atoms with Crippen LogP contribution in [0, 0.1) is 17.5 Å². The molecule has 0 aliphatic carbocycles. The second-order valence-electron chi connectivity index (χ2n) is 4.84. The molecule has 2 atom stereocenters. The number of ether oxygens (including phenoxy) is 1. The van der Waals surface area contributed by atoms with E-state index in [1.807, 2.05) is 0 Å². The zero-order valence-electron chi connectivity index (χ0n) is 10.8. The van der Waals surface area contributed by atoms with Crippen molar-refractivity contribution in [2.75, 3.05) is 13.2 Å². The zero-order valence-corrected chi connectivity index (χ0v) is 10.8. The molecule has 5 nitrogen and oxygen atoms in total. The minimum Gasteiger partial charge on any atom is -0.388 e. The van der Waals surface area contributed by atoms with Crippen molar-refractivity contribution in [1.82, 2.24) is 15.0 Å². The van der Waals surface area contributed by atoms with Gasteiger partial charge >= 0.3 is 0 Å². The summed E-state index contributed by atoms with van der Waals surface area (Å²) in [5, 5.41) is 17.5. The SMILES string of the molecule is OC1COCCC1n1cc(-c2cc(F)c(F)c(F)c2)nn1. The number of benzene rings is 1. The zero-order chi connectivity index (χ0) is 15.0. The van der Waals surface area contributed by atoms with Gasteiger partial charge in [-0.05, 0) is 18.6 Å². The van der Waals surface area contributed by atoms with Crippen LogP contribution >= 0.6 is 0 Å². The van der Waals surface area contributed by atoms with Gasteiger partial charge in [0.05, 0.1) is 24.9 Å². The molecule has 21 heavy (non-hydrogen) atoms. The van der Waals surface area contributed by atoms with Gasteiger partial charge in [-0.1, -0.05) is 5.21 Å². The van der Waals surface area contributed by atoms with E-state index in [1.54, 1.807) is 0 Å². The first kappa shape index (κ1) is 14.0. The molecule has 1 N–H and O–H groups in total. The predicted octanol–water partition coefficient (Wildman–Crippen LogP) is 1.68. The molecule has 1 aromatic carbocycles. The summed E-state index contributed by atoms with van der Waals surface area (Å²) in [5.41, 5.74) is 0.283. The summed E-state index contributed by atoms with van der Waals surface area (Å²) >= 11 is 0. The van der Waals surface area contributed by atoms with Crippen LogP contribution in [-0.2, 0) is 4.74 Å². The summed E-state index contributed by atoms with van der Waals surface area (Å²) in [6.07, 6.45) is 1.29. The van der Waals surface area contributed by atoms with E-state index in [2.05, 4.69) is 10.3 Å². The van der Waals surface area contributed by atoms with E-state index in [9.17, 15) is 18.3 Å². The second-order valence-corrected chi connectivity index (χ2v) is 4.84. The van der Waals surface area contributed by atoms with Crippen LogP contribution in [-0.4, -0.2) is 39.4 Å². The van der Waals surface area contributed by atoms with E-state index < -0.39 is 23.6 Å². The maximum absolute atomic E-state index is 13.2. The Labute approximate surface area is 118 Å². The molecule has 1 aromatic heterocycles. The number of aromatic nitrogens is 3. The van der Waals surface area contributed by atoms with E-state index in [0.29, 0.717) is 13.0 Å². The van der Waals surface area contributed by atoms with Crippen molar-refractivity contribution in [3.05, 3.63) is 35.8 Å². The molecule has 112 valence electrons. The number of hydrogen-bond acceptors (Lipinski definition) is 4. The van der Waals surface area contributed by atoms with Crippen molar-refractivity contribution in [3.8, 4) is 11.3 Å². The third-order valence-corrected chi connectivity index (χ3v) is 3.42. The Morgan fingerprint density at radius 2 is 1.95 bits per heavy atom. The molecule has 0 radical (unpaired) electrons. The smallest absolute Gasteiger partial charge is 0.194 e. The Bertz CT molecular complexity index is 639. The van der Waals surface area contributed by atoms with Crippen molar-refractivity contribution in [1.29, 1.82) is 0 Å². The number of aliphatic hydroxyl groups excluding tert-OH is 1. The van der Waals surface area contributed by atoms with E-state index >= 15 is 0 Å². The van der Waals surface area contributed by atoms with Gasteiger partial charge in [0.2, 0.25) is 0 Å². The van der Waals surface area contributed by atoms with E-state index in [-0.39, 0.29) is 23.9 Å². The third kappa shape index (κ3) is 2.64. The molecule has 0 saturated carbocycles. The number of rotatable bonds is 2. The molecule has 1 aliphatic rings. The fraction of sp³-hybridized carbons (Fsp3) is 0.385. The summed E-state index contributed by atoms with van der Waals surface area (Å²) in [6, 6.07) is 1.40. The fourth-order valence-corrected chi connectivity index (χ4v) is 2.29. The van der Waals surface area contributed by atoms with Crippen LogP contribution in [0.1, 0.15) is 12.5 Å². The highest BCUT2D eigenvalue weighted by Gasteiger charge is 2.26. The minimum atomic E-state index is -1.52. The molecule has 1 aliphatic heterocycles. The van der Waals surface area contributed by atoms with Crippen LogP contribution in [0.15, 0.2) is 18.3 Å². The molecule has 0 spiro atoms. The van der Waals surface area contributed by atoms with Crippen LogP contribution in [0.25, 0.3) is 11.3 Å². The second kappa shape index (κ2) is 5.45. The van der Waals surface area contributed by atoms with Crippen molar-refractivity contribution < 1.29 is 23.0 Å². The highest BCUT2D eigenvalue weighted by Crippen LogP contribution is 2.25. The molecule has 0 bridgehead atoms. The maximum atomic E-state index is 13.2. The largest absolute Gasteiger partial charge is 0.388 e. The van der Waals surface area contributed by atoms with Gasteiger partial charge in [-0.2, -0.15) is 0 Å². The lowest BCUT2D eigenvalue weighted by Gasteiger charge is -2.27.